The summed E-state index contributed by atoms with van der Waals surface area (Å²) >= 11 is 0. The molecule has 2 saturated heterocycles. The van der Waals surface area contributed by atoms with Crippen molar-refractivity contribution in [2.24, 2.45) is 0 Å². The first-order chi connectivity index (χ1) is 8.26. The van der Waals surface area contributed by atoms with Crippen molar-refractivity contribution in [1.82, 2.24) is 5.32 Å². The van der Waals surface area contributed by atoms with Gasteiger partial charge in [0.1, 0.15) is 0 Å². The fraction of sp³-hybridized carbons (Fsp3) is 0.571. The van der Waals surface area contributed by atoms with Gasteiger partial charge in [0.15, 0.2) is 0 Å². The summed E-state index contributed by atoms with van der Waals surface area (Å²) in [6.45, 7) is 5.06. The fourth-order valence-corrected chi connectivity index (χ4v) is 2.93. The zero-order valence-electron chi connectivity index (χ0n) is 10.3. The Balaban J connectivity index is 1.64. The molecule has 0 radical (unpaired) electrons. The van der Waals surface area contributed by atoms with Crippen LogP contribution in [0, 0.1) is 6.92 Å². The summed E-state index contributed by atoms with van der Waals surface area (Å²) in [6.07, 6.45) is 2.27. The SMILES string of the molecule is Cc1cccc(N[C@H]2CO[C@@]3(CCNC3)C2)c1. The van der Waals surface area contributed by atoms with E-state index in [9.17, 15) is 0 Å². The highest BCUT2D eigenvalue weighted by atomic mass is 16.5. The van der Waals surface area contributed by atoms with E-state index in [1.54, 1.807) is 0 Å². The summed E-state index contributed by atoms with van der Waals surface area (Å²) < 4.78 is 5.99. The van der Waals surface area contributed by atoms with Gasteiger partial charge in [-0.2, -0.15) is 0 Å². The van der Waals surface area contributed by atoms with Crippen molar-refractivity contribution in [3.63, 3.8) is 0 Å². The number of ether oxygens (including phenoxy) is 1. The van der Waals surface area contributed by atoms with E-state index in [2.05, 4.69) is 41.8 Å². The molecular formula is C14H20N2O. The predicted octanol–water partition coefficient (Wildman–Crippen LogP) is 1.93. The van der Waals surface area contributed by atoms with Crippen molar-refractivity contribution in [3.8, 4) is 0 Å². The lowest BCUT2D eigenvalue weighted by molar-refractivity contribution is 0.0214. The van der Waals surface area contributed by atoms with Gasteiger partial charge in [-0.15, -0.1) is 0 Å². The van der Waals surface area contributed by atoms with Crippen molar-refractivity contribution in [2.75, 3.05) is 25.0 Å². The molecular weight excluding hydrogens is 212 g/mol. The van der Waals surface area contributed by atoms with Crippen molar-refractivity contribution < 1.29 is 4.74 Å². The molecule has 0 unspecified atom stereocenters. The number of aryl methyl sites for hydroxylation is 1. The third-order valence-corrected chi connectivity index (χ3v) is 3.80. The van der Waals surface area contributed by atoms with E-state index in [4.69, 9.17) is 4.74 Å². The summed E-state index contributed by atoms with van der Waals surface area (Å²) in [5, 5.41) is 6.98. The predicted molar refractivity (Wildman–Crippen MR) is 69.4 cm³/mol. The molecule has 3 rings (SSSR count). The topological polar surface area (TPSA) is 33.3 Å². The van der Waals surface area contributed by atoms with Crippen LogP contribution in [0.2, 0.25) is 0 Å². The van der Waals surface area contributed by atoms with Gasteiger partial charge in [0.05, 0.1) is 18.2 Å². The molecule has 2 N–H and O–H groups in total. The lowest BCUT2D eigenvalue weighted by Crippen LogP contribution is -2.31. The molecule has 17 heavy (non-hydrogen) atoms. The Bertz CT molecular complexity index is 399. The summed E-state index contributed by atoms with van der Waals surface area (Å²) in [6, 6.07) is 9.00. The van der Waals surface area contributed by atoms with E-state index < -0.39 is 0 Å². The van der Waals surface area contributed by atoms with Gasteiger partial charge in [0.25, 0.3) is 0 Å². The molecule has 0 amide bonds. The molecule has 3 heteroatoms. The molecule has 1 aromatic rings. The Hall–Kier alpha value is -1.06. The summed E-state index contributed by atoms with van der Waals surface area (Å²) in [7, 11) is 0. The minimum atomic E-state index is 0.113. The van der Waals surface area contributed by atoms with Crippen molar-refractivity contribution >= 4 is 5.69 Å². The molecule has 2 fully saturated rings. The van der Waals surface area contributed by atoms with Crippen LogP contribution in [0.3, 0.4) is 0 Å². The van der Waals surface area contributed by atoms with Crippen molar-refractivity contribution in [3.05, 3.63) is 29.8 Å². The fourth-order valence-electron chi connectivity index (χ4n) is 2.93. The van der Waals surface area contributed by atoms with Gasteiger partial charge in [-0.1, -0.05) is 12.1 Å². The second kappa shape index (κ2) is 4.31. The largest absolute Gasteiger partial charge is 0.380 e. The van der Waals surface area contributed by atoms with Gasteiger partial charge in [0, 0.05) is 18.7 Å². The Morgan fingerprint density at radius 3 is 3.18 bits per heavy atom. The van der Waals surface area contributed by atoms with E-state index in [1.165, 1.54) is 11.3 Å². The van der Waals surface area contributed by atoms with Crippen LogP contribution in [0.1, 0.15) is 18.4 Å². The van der Waals surface area contributed by atoms with Crippen LogP contribution in [0.15, 0.2) is 24.3 Å². The highest BCUT2D eigenvalue weighted by Crippen LogP contribution is 2.32. The Morgan fingerprint density at radius 2 is 2.41 bits per heavy atom. The molecule has 1 aromatic carbocycles. The van der Waals surface area contributed by atoms with Crippen LogP contribution in [0.25, 0.3) is 0 Å². The van der Waals surface area contributed by atoms with E-state index >= 15 is 0 Å². The second-order valence-electron chi connectivity index (χ2n) is 5.34. The van der Waals surface area contributed by atoms with Crippen molar-refractivity contribution in [1.29, 1.82) is 0 Å². The average Bonchev–Trinajstić information content (AvgIpc) is 2.90. The Kier molecular flexibility index (Phi) is 2.81. The molecule has 2 aliphatic rings. The van der Waals surface area contributed by atoms with Gasteiger partial charge in [-0.3, -0.25) is 0 Å². The molecule has 92 valence electrons. The minimum Gasteiger partial charge on any atom is -0.380 e. The third-order valence-electron chi connectivity index (χ3n) is 3.80. The molecule has 0 saturated carbocycles. The molecule has 0 aromatic heterocycles. The summed E-state index contributed by atoms with van der Waals surface area (Å²) in [4.78, 5) is 0. The maximum Gasteiger partial charge on any atom is 0.0839 e. The Morgan fingerprint density at radius 1 is 1.47 bits per heavy atom. The number of nitrogens with one attached hydrogen (secondary N) is 2. The summed E-state index contributed by atoms with van der Waals surface area (Å²) in [5.74, 6) is 0. The zero-order chi connectivity index (χ0) is 11.7. The smallest absolute Gasteiger partial charge is 0.0839 e. The molecule has 2 atom stereocenters. The highest BCUT2D eigenvalue weighted by Gasteiger charge is 2.42. The summed E-state index contributed by atoms with van der Waals surface area (Å²) in [5.41, 5.74) is 2.62. The number of hydrogen-bond acceptors (Lipinski definition) is 3. The van der Waals surface area contributed by atoms with Crippen LogP contribution in [-0.4, -0.2) is 31.3 Å². The first-order valence-corrected chi connectivity index (χ1v) is 6.44. The molecule has 2 aliphatic heterocycles. The van der Waals surface area contributed by atoms with Crippen LogP contribution >= 0.6 is 0 Å². The standard InChI is InChI=1S/C14H20N2O/c1-11-3-2-4-12(7-11)16-13-8-14(17-9-13)5-6-15-10-14/h2-4,7,13,15-16H,5-6,8-10H2,1H3/t13-,14+/m1/s1. The van der Waals surface area contributed by atoms with E-state index in [1.807, 2.05) is 0 Å². The quantitative estimate of drug-likeness (QED) is 0.817. The monoisotopic (exact) mass is 232 g/mol. The van der Waals surface area contributed by atoms with Gasteiger partial charge >= 0.3 is 0 Å². The lowest BCUT2D eigenvalue weighted by atomic mass is 9.97. The van der Waals surface area contributed by atoms with Crippen LogP contribution in [0.4, 0.5) is 5.69 Å². The van der Waals surface area contributed by atoms with Crippen LogP contribution < -0.4 is 10.6 Å². The molecule has 1 spiro atoms. The molecule has 3 nitrogen and oxygen atoms in total. The van der Waals surface area contributed by atoms with Gasteiger partial charge in [-0.25, -0.2) is 0 Å². The number of hydrogen-bond donors (Lipinski definition) is 2. The van der Waals surface area contributed by atoms with Crippen LogP contribution in [-0.2, 0) is 4.74 Å². The van der Waals surface area contributed by atoms with Crippen molar-refractivity contribution in [2.45, 2.75) is 31.4 Å². The first kappa shape index (κ1) is 11.1. The molecule has 0 aliphatic carbocycles. The van der Waals surface area contributed by atoms with Gasteiger partial charge < -0.3 is 15.4 Å². The maximum atomic E-state index is 5.99. The number of rotatable bonds is 2. The Labute approximate surface area is 103 Å². The maximum absolute atomic E-state index is 5.99. The molecule has 2 heterocycles. The van der Waals surface area contributed by atoms with Gasteiger partial charge in [-0.05, 0) is 37.6 Å². The molecule has 0 bridgehead atoms. The van der Waals surface area contributed by atoms with Gasteiger partial charge in [0.2, 0.25) is 0 Å². The van der Waals surface area contributed by atoms with E-state index in [0.29, 0.717) is 6.04 Å². The highest BCUT2D eigenvalue weighted by molar-refractivity contribution is 5.46. The normalized spacial score (nSPS) is 32.2. The third kappa shape index (κ3) is 2.31. The number of anilines is 1. The zero-order valence-corrected chi connectivity index (χ0v) is 10.3. The van der Waals surface area contributed by atoms with E-state index in [0.717, 1.165) is 32.5 Å². The first-order valence-electron chi connectivity index (χ1n) is 6.44. The number of benzene rings is 1. The van der Waals surface area contributed by atoms with Crippen LogP contribution in [0.5, 0.6) is 0 Å². The average molecular weight is 232 g/mol. The minimum absolute atomic E-state index is 0.113. The van der Waals surface area contributed by atoms with E-state index in [-0.39, 0.29) is 5.60 Å². The second-order valence-corrected chi connectivity index (χ2v) is 5.34. The lowest BCUT2D eigenvalue weighted by Gasteiger charge is -2.20.